The lowest BCUT2D eigenvalue weighted by atomic mass is 10.0. The van der Waals surface area contributed by atoms with E-state index in [0.29, 0.717) is 10.9 Å². The Balaban J connectivity index is 2.81. The molecule has 16 heavy (non-hydrogen) atoms. The van der Waals surface area contributed by atoms with E-state index in [-0.39, 0.29) is 11.1 Å². The quantitative estimate of drug-likeness (QED) is 0.798. The van der Waals surface area contributed by atoms with Crippen molar-refractivity contribution < 1.29 is 19.8 Å². The number of fused-ring (bicyclic) bond motifs is 1. The predicted octanol–water partition coefficient (Wildman–Crippen LogP) is 1.63. The van der Waals surface area contributed by atoms with E-state index >= 15 is 0 Å². The Morgan fingerprint density at radius 1 is 1.06 bits per heavy atom. The molecule has 2 aromatic rings. The molecule has 1 aromatic heterocycles. The van der Waals surface area contributed by atoms with Crippen LogP contribution in [-0.4, -0.2) is 27.1 Å². The van der Waals surface area contributed by atoms with E-state index in [1.165, 1.54) is 18.3 Å². The molecule has 0 bridgehead atoms. The van der Waals surface area contributed by atoms with Crippen molar-refractivity contribution in [1.29, 1.82) is 0 Å². The van der Waals surface area contributed by atoms with Crippen molar-refractivity contribution in [3.8, 4) is 0 Å². The number of aromatic nitrogens is 1. The van der Waals surface area contributed by atoms with Gasteiger partial charge < -0.3 is 10.2 Å². The molecule has 80 valence electrons. The van der Waals surface area contributed by atoms with Crippen LogP contribution in [0.2, 0.25) is 0 Å². The fraction of sp³-hybridized carbons (Fsp3) is 0. The molecule has 0 spiro atoms. The largest absolute Gasteiger partial charge is 0.478 e. The number of benzene rings is 1. The van der Waals surface area contributed by atoms with Gasteiger partial charge in [0.05, 0.1) is 16.6 Å². The first-order valence-corrected chi connectivity index (χ1v) is 4.45. The predicted molar refractivity (Wildman–Crippen MR) is 55.7 cm³/mol. The molecule has 0 amide bonds. The SMILES string of the molecule is O=C(O)c1cc2cccnc2cc1C(=O)O. The third-order valence-electron chi connectivity index (χ3n) is 2.20. The van der Waals surface area contributed by atoms with E-state index in [4.69, 9.17) is 10.2 Å². The summed E-state index contributed by atoms with van der Waals surface area (Å²) in [6, 6.07) is 5.92. The van der Waals surface area contributed by atoms with Gasteiger partial charge in [-0.3, -0.25) is 4.98 Å². The number of carbonyl (C=O) groups is 2. The molecular formula is C11H7NO4. The summed E-state index contributed by atoms with van der Waals surface area (Å²) in [4.78, 5) is 25.7. The van der Waals surface area contributed by atoms with Crippen LogP contribution in [0.15, 0.2) is 30.5 Å². The lowest BCUT2D eigenvalue weighted by molar-refractivity contribution is 0.0652. The summed E-state index contributed by atoms with van der Waals surface area (Å²) in [6.07, 6.45) is 1.52. The van der Waals surface area contributed by atoms with Gasteiger partial charge in [-0.1, -0.05) is 6.07 Å². The van der Waals surface area contributed by atoms with Gasteiger partial charge in [-0.25, -0.2) is 9.59 Å². The van der Waals surface area contributed by atoms with Crippen LogP contribution >= 0.6 is 0 Å². The normalized spacial score (nSPS) is 10.2. The summed E-state index contributed by atoms with van der Waals surface area (Å²) < 4.78 is 0. The Labute approximate surface area is 90.0 Å². The van der Waals surface area contributed by atoms with Crippen LogP contribution in [-0.2, 0) is 0 Å². The third kappa shape index (κ3) is 1.58. The minimum atomic E-state index is -1.27. The lowest BCUT2D eigenvalue weighted by Crippen LogP contribution is -2.08. The summed E-state index contributed by atoms with van der Waals surface area (Å²) in [5.41, 5.74) is -0.0170. The standard InChI is InChI=1S/C11H7NO4/c13-10(14)7-4-6-2-1-3-12-9(6)5-8(7)11(15)16/h1-5H,(H,13,14)(H,15,16). The highest BCUT2D eigenvalue weighted by molar-refractivity contribution is 6.05. The second-order valence-electron chi connectivity index (χ2n) is 3.20. The molecule has 0 saturated carbocycles. The van der Waals surface area contributed by atoms with Gasteiger partial charge in [0.15, 0.2) is 0 Å². The summed E-state index contributed by atoms with van der Waals surface area (Å²) in [7, 11) is 0. The molecule has 2 rings (SSSR count). The third-order valence-corrected chi connectivity index (χ3v) is 2.20. The first kappa shape index (κ1) is 10.1. The molecule has 0 aliphatic rings. The zero-order valence-electron chi connectivity index (χ0n) is 8.04. The fourth-order valence-electron chi connectivity index (χ4n) is 1.47. The van der Waals surface area contributed by atoms with E-state index in [1.807, 2.05) is 0 Å². The van der Waals surface area contributed by atoms with Crippen LogP contribution in [0, 0.1) is 0 Å². The van der Waals surface area contributed by atoms with Crippen molar-refractivity contribution in [2.45, 2.75) is 0 Å². The van der Waals surface area contributed by atoms with Crippen molar-refractivity contribution in [1.82, 2.24) is 4.98 Å². The van der Waals surface area contributed by atoms with Gasteiger partial charge >= 0.3 is 11.9 Å². The number of carboxylic acid groups (broad SMARTS) is 2. The number of aromatic carboxylic acids is 2. The monoisotopic (exact) mass is 217 g/mol. The number of rotatable bonds is 2. The topological polar surface area (TPSA) is 87.5 Å². The Bertz CT molecular complexity index is 539. The number of carboxylic acids is 2. The summed E-state index contributed by atoms with van der Waals surface area (Å²) in [5.74, 6) is -2.53. The van der Waals surface area contributed by atoms with E-state index in [1.54, 1.807) is 12.1 Å². The van der Waals surface area contributed by atoms with Gasteiger partial charge in [0, 0.05) is 11.6 Å². The van der Waals surface area contributed by atoms with Gasteiger partial charge in [-0.15, -0.1) is 0 Å². The van der Waals surface area contributed by atoms with Crippen LogP contribution < -0.4 is 0 Å². The Morgan fingerprint density at radius 3 is 2.31 bits per heavy atom. The van der Waals surface area contributed by atoms with Crippen molar-refractivity contribution in [2.75, 3.05) is 0 Å². The first-order chi connectivity index (χ1) is 7.59. The molecule has 0 aliphatic heterocycles. The Hall–Kier alpha value is -2.43. The Morgan fingerprint density at radius 2 is 1.69 bits per heavy atom. The van der Waals surface area contributed by atoms with Crippen LogP contribution in [0.5, 0.6) is 0 Å². The molecule has 0 atom stereocenters. The molecule has 0 radical (unpaired) electrons. The second-order valence-corrected chi connectivity index (χ2v) is 3.20. The van der Waals surface area contributed by atoms with Crippen molar-refractivity contribution in [3.05, 3.63) is 41.6 Å². The van der Waals surface area contributed by atoms with Gasteiger partial charge in [0.2, 0.25) is 0 Å². The molecule has 0 saturated heterocycles. The number of hydrogen-bond acceptors (Lipinski definition) is 3. The minimum Gasteiger partial charge on any atom is -0.478 e. The zero-order chi connectivity index (χ0) is 11.7. The number of nitrogens with zero attached hydrogens (tertiary/aromatic N) is 1. The van der Waals surface area contributed by atoms with Crippen LogP contribution in [0.4, 0.5) is 0 Å². The lowest BCUT2D eigenvalue weighted by Gasteiger charge is -2.03. The number of hydrogen-bond donors (Lipinski definition) is 2. The molecule has 5 nitrogen and oxygen atoms in total. The first-order valence-electron chi connectivity index (χ1n) is 4.45. The highest BCUT2D eigenvalue weighted by Gasteiger charge is 2.16. The molecule has 5 heteroatoms. The molecule has 1 heterocycles. The van der Waals surface area contributed by atoms with E-state index < -0.39 is 11.9 Å². The van der Waals surface area contributed by atoms with Crippen molar-refractivity contribution >= 4 is 22.8 Å². The van der Waals surface area contributed by atoms with Gasteiger partial charge in [-0.05, 0) is 18.2 Å². The molecule has 2 N–H and O–H groups in total. The molecule has 0 fully saturated rings. The highest BCUT2D eigenvalue weighted by atomic mass is 16.4. The average Bonchev–Trinajstić information content (AvgIpc) is 2.27. The van der Waals surface area contributed by atoms with Crippen molar-refractivity contribution in [2.24, 2.45) is 0 Å². The average molecular weight is 217 g/mol. The molecule has 0 aliphatic carbocycles. The molecular weight excluding hydrogens is 210 g/mol. The molecule has 0 unspecified atom stereocenters. The van der Waals surface area contributed by atoms with Crippen LogP contribution in [0.3, 0.4) is 0 Å². The van der Waals surface area contributed by atoms with Gasteiger partial charge in [0.1, 0.15) is 0 Å². The number of pyridine rings is 1. The molecule has 1 aromatic carbocycles. The Kier molecular flexibility index (Phi) is 2.28. The minimum absolute atomic E-state index is 0.229. The summed E-state index contributed by atoms with van der Waals surface area (Å²) in [6.45, 7) is 0. The maximum atomic E-state index is 10.9. The maximum Gasteiger partial charge on any atom is 0.336 e. The maximum absolute atomic E-state index is 10.9. The zero-order valence-corrected chi connectivity index (χ0v) is 8.04. The van der Waals surface area contributed by atoms with Crippen molar-refractivity contribution in [3.63, 3.8) is 0 Å². The van der Waals surface area contributed by atoms with Crippen LogP contribution in [0.25, 0.3) is 10.9 Å². The van der Waals surface area contributed by atoms with E-state index in [0.717, 1.165) is 0 Å². The summed E-state index contributed by atoms with van der Waals surface area (Å²) >= 11 is 0. The van der Waals surface area contributed by atoms with Crippen LogP contribution in [0.1, 0.15) is 20.7 Å². The van der Waals surface area contributed by atoms with Gasteiger partial charge in [-0.2, -0.15) is 0 Å². The van der Waals surface area contributed by atoms with E-state index in [9.17, 15) is 9.59 Å². The smallest absolute Gasteiger partial charge is 0.336 e. The highest BCUT2D eigenvalue weighted by Crippen LogP contribution is 2.18. The van der Waals surface area contributed by atoms with E-state index in [2.05, 4.69) is 4.98 Å². The van der Waals surface area contributed by atoms with Gasteiger partial charge in [0.25, 0.3) is 0 Å². The second kappa shape index (κ2) is 3.62. The fourth-order valence-corrected chi connectivity index (χ4v) is 1.47. The summed E-state index contributed by atoms with van der Waals surface area (Å²) in [5, 5.41) is 18.4.